The fraction of sp³-hybridized carbons (Fsp3) is 0.556. The molecule has 1 aromatic carbocycles. The highest BCUT2D eigenvalue weighted by molar-refractivity contribution is 7.09. The molecule has 1 aromatic heterocycles. The molecular formula is C27H39N3O3S. The number of rotatable bonds is 14. The Kier molecular flexibility index (Phi) is 11.6. The molecular weight excluding hydrogens is 446 g/mol. The first kappa shape index (κ1) is 26.4. The summed E-state index contributed by atoms with van der Waals surface area (Å²) in [6.07, 6.45) is 4.75. The van der Waals surface area contributed by atoms with Crippen LogP contribution >= 0.6 is 11.3 Å². The molecule has 1 saturated heterocycles. The van der Waals surface area contributed by atoms with Crippen molar-refractivity contribution in [2.75, 3.05) is 45.9 Å². The van der Waals surface area contributed by atoms with Gasteiger partial charge in [-0.2, -0.15) is 0 Å². The van der Waals surface area contributed by atoms with E-state index in [9.17, 15) is 9.59 Å². The predicted octanol–water partition coefficient (Wildman–Crippen LogP) is 4.41. The van der Waals surface area contributed by atoms with Crippen LogP contribution in [-0.2, 0) is 27.4 Å². The number of hydrogen-bond acceptors (Lipinski definition) is 5. The van der Waals surface area contributed by atoms with Crippen molar-refractivity contribution < 1.29 is 14.3 Å². The largest absolute Gasteiger partial charge is 0.379 e. The zero-order valence-electron chi connectivity index (χ0n) is 20.5. The SMILES string of the molecule is CCCCCCC(=O)N(CCN1CCOCC1)CC(=O)N(Cc1ccccc1)Cc1cccs1. The van der Waals surface area contributed by atoms with Crippen LogP contribution in [0.15, 0.2) is 47.8 Å². The minimum atomic E-state index is 0.00105. The number of thiophene rings is 1. The van der Waals surface area contributed by atoms with Crippen molar-refractivity contribution in [3.8, 4) is 0 Å². The first-order chi connectivity index (χ1) is 16.7. The average molecular weight is 486 g/mol. The van der Waals surface area contributed by atoms with E-state index in [4.69, 9.17) is 4.74 Å². The van der Waals surface area contributed by atoms with Crippen molar-refractivity contribution in [1.82, 2.24) is 14.7 Å². The average Bonchev–Trinajstić information content (AvgIpc) is 3.38. The number of hydrogen-bond donors (Lipinski definition) is 0. The van der Waals surface area contributed by atoms with Crippen molar-refractivity contribution in [2.24, 2.45) is 0 Å². The van der Waals surface area contributed by atoms with Crippen LogP contribution in [-0.4, -0.2) is 72.5 Å². The van der Waals surface area contributed by atoms with Gasteiger partial charge in [-0.3, -0.25) is 14.5 Å². The second kappa shape index (κ2) is 14.9. The van der Waals surface area contributed by atoms with Gasteiger partial charge in [0.25, 0.3) is 0 Å². The van der Waals surface area contributed by atoms with E-state index in [1.165, 1.54) is 0 Å². The molecule has 6 nitrogen and oxygen atoms in total. The lowest BCUT2D eigenvalue weighted by atomic mass is 10.1. The number of benzene rings is 1. The molecule has 2 heterocycles. The van der Waals surface area contributed by atoms with Crippen molar-refractivity contribution in [3.63, 3.8) is 0 Å². The Bertz CT molecular complexity index is 838. The minimum Gasteiger partial charge on any atom is -0.379 e. The molecule has 0 unspecified atom stereocenters. The van der Waals surface area contributed by atoms with Crippen LogP contribution in [0.2, 0.25) is 0 Å². The van der Waals surface area contributed by atoms with Gasteiger partial charge in [-0.15, -0.1) is 11.3 Å². The van der Waals surface area contributed by atoms with Crippen LogP contribution in [0.25, 0.3) is 0 Å². The molecule has 3 rings (SSSR count). The normalized spacial score (nSPS) is 14.1. The van der Waals surface area contributed by atoms with E-state index in [0.717, 1.165) is 69.0 Å². The first-order valence-electron chi connectivity index (χ1n) is 12.6. The summed E-state index contributed by atoms with van der Waals surface area (Å²) >= 11 is 1.66. The molecule has 7 heteroatoms. The Balaban J connectivity index is 1.66. The van der Waals surface area contributed by atoms with E-state index < -0.39 is 0 Å². The molecule has 0 aliphatic carbocycles. The van der Waals surface area contributed by atoms with Gasteiger partial charge in [0.1, 0.15) is 0 Å². The van der Waals surface area contributed by atoms with Crippen LogP contribution in [0.4, 0.5) is 0 Å². The van der Waals surface area contributed by atoms with Gasteiger partial charge in [0.05, 0.1) is 26.3 Å². The molecule has 0 bridgehead atoms. The summed E-state index contributed by atoms with van der Waals surface area (Å²) in [6.45, 7) is 7.99. The van der Waals surface area contributed by atoms with Crippen LogP contribution in [0.1, 0.15) is 49.5 Å². The molecule has 186 valence electrons. The summed E-state index contributed by atoms with van der Waals surface area (Å²) in [5.41, 5.74) is 1.10. The van der Waals surface area contributed by atoms with Crippen LogP contribution in [0, 0.1) is 0 Å². The van der Waals surface area contributed by atoms with Crippen molar-refractivity contribution >= 4 is 23.2 Å². The van der Waals surface area contributed by atoms with E-state index in [2.05, 4.69) is 17.9 Å². The molecule has 0 N–H and O–H groups in total. The maximum atomic E-state index is 13.5. The maximum Gasteiger partial charge on any atom is 0.242 e. The lowest BCUT2D eigenvalue weighted by Gasteiger charge is -2.31. The zero-order chi connectivity index (χ0) is 24.0. The summed E-state index contributed by atoms with van der Waals surface area (Å²) in [5, 5.41) is 2.04. The quantitative estimate of drug-likeness (QED) is 0.372. The Labute approximate surface area is 208 Å². The van der Waals surface area contributed by atoms with Crippen LogP contribution < -0.4 is 0 Å². The van der Waals surface area contributed by atoms with Gasteiger partial charge in [0.15, 0.2) is 0 Å². The molecule has 1 aliphatic heterocycles. The smallest absolute Gasteiger partial charge is 0.242 e. The predicted molar refractivity (Wildman–Crippen MR) is 138 cm³/mol. The molecule has 1 aliphatic rings. The Morgan fingerprint density at radius 1 is 0.941 bits per heavy atom. The van der Waals surface area contributed by atoms with Gasteiger partial charge in [-0.1, -0.05) is 62.6 Å². The van der Waals surface area contributed by atoms with Crippen LogP contribution in [0.3, 0.4) is 0 Å². The molecule has 0 spiro atoms. The highest BCUT2D eigenvalue weighted by Gasteiger charge is 2.23. The van der Waals surface area contributed by atoms with E-state index in [-0.39, 0.29) is 18.4 Å². The molecule has 0 radical (unpaired) electrons. The molecule has 0 saturated carbocycles. The number of nitrogens with zero attached hydrogens (tertiary/aromatic N) is 3. The molecule has 2 amide bonds. The van der Waals surface area contributed by atoms with Gasteiger partial charge >= 0.3 is 0 Å². The lowest BCUT2D eigenvalue weighted by Crippen LogP contribution is -2.47. The monoisotopic (exact) mass is 485 g/mol. The van der Waals surface area contributed by atoms with Gasteiger partial charge in [0.2, 0.25) is 11.8 Å². The Hall–Kier alpha value is -2.22. The first-order valence-corrected chi connectivity index (χ1v) is 13.5. The van der Waals surface area contributed by atoms with E-state index in [0.29, 0.717) is 26.1 Å². The number of ether oxygens (including phenoxy) is 1. The Morgan fingerprint density at radius 2 is 1.74 bits per heavy atom. The third kappa shape index (κ3) is 9.20. The number of carbonyl (C=O) groups excluding carboxylic acids is 2. The van der Waals surface area contributed by atoms with E-state index >= 15 is 0 Å². The zero-order valence-corrected chi connectivity index (χ0v) is 21.3. The molecule has 0 atom stereocenters. The maximum absolute atomic E-state index is 13.5. The fourth-order valence-electron chi connectivity index (χ4n) is 4.13. The number of morpholine rings is 1. The fourth-order valence-corrected chi connectivity index (χ4v) is 4.85. The lowest BCUT2D eigenvalue weighted by molar-refractivity contribution is -0.141. The topological polar surface area (TPSA) is 53.1 Å². The Morgan fingerprint density at radius 3 is 2.44 bits per heavy atom. The summed E-state index contributed by atoms with van der Waals surface area (Å²) in [5.74, 6) is 0.0923. The van der Waals surface area contributed by atoms with Crippen LogP contribution in [0.5, 0.6) is 0 Å². The third-order valence-electron chi connectivity index (χ3n) is 6.21. The second-order valence-corrected chi connectivity index (χ2v) is 9.93. The number of amides is 2. The van der Waals surface area contributed by atoms with Crippen molar-refractivity contribution in [3.05, 3.63) is 58.3 Å². The summed E-state index contributed by atoms with van der Waals surface area (Å²) in [4.78, 5) is 33.8. The van der Waals surface area contributed by atoms with Crippen molar-refractivity contribution in [2.45, 2.75) is 52.1 Å². The summed E-state index contributed by atoms with van der Waals surface area (Å²) in [6, 6.07) is 14.1. The number of unbranched alkanes of at least 4 members (excludes halogenated alkanes) is 3. The minimum absolute atomic E-state index is 0.00105. The van der Waals surface area contributed by atoms with Gasteiger partial charge in [0, 0.05) is 44.0 Å². The summed E-state index contributed by atoms with van der Waals surface area (Å²) < 4.78 is 5.45. The van der Waals surface area contributed by atoms with Crippen molar-refractivity contribution in [1.29, 1.82) is 0 Å². The molecule has 2 aromatic rings. The van der Waals surface area contributed by atoms with Gasteiger partial charge in [-0.25, -0.2) is 0 Å². The number of carbonyl (C=O) groups is 2. The molecule has 1 fully saturated rings. The third-order valence-corrected chi connectivity index (χ3v) is 7.07. The highest BCUT2D eigenvalue weighted by atomic mass is 32.1. The van der Waals surface area contributed by atoms with E-state index in [1.807, 2.05) is 46.7 Å². The molecule has 34 heavy (non-hydrogen) atoms. The highest BCUT2D eigenvalue weighted by Crippen LogP contribution is 2.16. The second-order valence-electron chi connectivity index (χ2n) is 8.89. The standard InChI is InChI=1S/C27H39N3O3S/c1-2-3-4-8-13-26(31)29(15-14-28-16-18-33-19-17-28)23-27(32)30(22-25-12-9-20-34-25)21-24-10-6-5-7-11-24/h5-7,9-12,20H,2-4,8,13-19,21-23H2,1H3. The van der Waals surface area contributed by atoms with E-state index in [1.54, 1.807) is 16.2 Å². The van der Waals surface area contributed by atoms with Gasteiger partial charge in [-0.05, 0) is 23.4 Å². The summed E-state index contributed by atoms with van der Waals surface area (Å²) in [7, 11) is 0. The van der Waals surface area contributed by atoms with Gasteiger partial charge < -0.3 is 14.5 Å².